The number of hydrogen-bond acceptors (Lipinski definition) is 4. The number of para-hydroxylation sites is 1. The van der Waals surface area contributed by atoms with Gasteiger partial charge in [-0.3, -0.25) is 4.90 Å². The molecule has 0 saturated carbocycles. The van der Waals surface area contributed by atoms with Crippen molar-refractivity contribution in [3.8, 4) is 0 Å². The molecule has 1 saturated heterocycles. The summed E-state index contributed by atoms with van der Waals surface area (Å²) in [6.45, 7) is 7.25. The molecule has 1 aliphatic heterocycles. The molecule has 5 heteroatoms. The molecule has 1 aliphatic rings. The molecule has 1 heterocycles. The van der Waals surface area contributed by atoms with E-state index >= 15 is 0 Å². The average molecular weight is 310 g/mol. The maximum absolute atomic E-state index is 11.8. The third kappa shape index (κ3) is 4.71. The minimum atomic E-state index is -2.87. The molecule has 1 aromatic rings. The van der Waals surface area contributed by atoms with Crippen LogP contribution in [0.4, 0.5) is 5.69 Å². The van der Waals surface area contributed by atoms with E-state index in [0.29, 0.717) is 5.75 Å². The van der Waals surface area contributed by atoms with E-state index in [1.165, 1.54) is 5.56 Å². The summed E-state index contributed by atoms with van der Waals surface area (Å²) in [5.74, 6) is 0.596. The third-order valence-electron chi connectivity index (χ3n) is 4.13. The van der Waals surface area contributed by atoms with Crippen molar-refractivity contribution in [3.05, 3.63) is 29.8 Å². The standard InChI is InChI=1S/C16H26N2O2S/c1-3-18(4-2)12-14-8-5-6-10-16(14)17-15-9-7-11-21(19,20)13-15/h5-6,8,10,15,17H,3-4,7,9,11-13H2,1-2H3. The van der Waals surface area contributed by atoms with Crippen molar-refractivity contribution in [3.63, 3.8) is 0 Å². The fourth-order valence-corrected chi connectivity index (χ4v) is 4.48. The second-order valence-corrected chi connectivity index (χ2v) is 7.95. The molecular weight excluding hydrogens is 284 g/mol. The van der Waals surface area contributed by atoms with Crippen LogP contribution in [0.2, 0.25) is 0 Å². The molecule has 0 aliphatic carbocycles. The summed E-state index contributed by atoms with van der Waals surface area (Å²) in [5.41, 5.74) is 2.32. The van der Waals surface area contributed by atoms with Gasteiger partial charge in [0.1, 0.15) is 0 Å². The van der Waals surface area contributed by atoms with Gasteiger partial charge in [-0.15, -0.1) is 0 Å². The van der Waals surface area contributed by atoms with Gasteiger partial charge in [0.25, 0.3) is 0 Å². The van der Waals surface area contributed by atoms with Crippen LogP contribution in [-0.2, 0) is 16.4 Å². The van der Waals surface area contributed by atoms with Crippen molar-refractivity contribution >= 4 is 15.5 Å². The lowest BCUT2D eigenvalue weighted by Crippen LogP contribution is -2.35. The average Bonchev–Trinajstić information content (AvgIpc) is 2.45. The predicted molar refractivity (Wildman–Crippen MR) is 88.4 cm³/mol. The molecule has 0 bridgehead atoms. The first kappa shape index (κ1) is 16.3. The number of anilines is 1. The number of benzene rings is 1. The summed E-state index contributed by atoms with van der Waals surface area (Å²) < 4.78 is 23.5. The van der Waals surface area contributed by atoms with Crippen LogP contribution in [0.3, 0.4) is 0 Å². The fourth-order valence-electron chi connectivity index (χ4n) is 2.84. The Kier molecular flexibility index (Phi) is 5.65. The van der Waals surface area contributed by atoms with E-state index in [1.54, 1.807) is 0 Å². The topological polar surface area (TPSA) is 49.4 Å². The van der Waals surface area contributed by atoms with Crippen LogP contribution in [-0.4, -0.2) is 44.0 Å². The largest absolute Gasteiger partial charge is 0.381 e. The first-order valence-corrected chi connectivity index (χ1v) is 9.63. The molecular formula is C16H26N2O2S. The fraction of sp³-hybridized carbons (Fsp3) is 0.625. The molecule has 2 rings (SSSR count). The van der Waals surface area contributed by atoms with Crippen LogP contribution in [0.1, 0.15) is 32.3 Å². The zero-order chi connectivity index (χ0) is 15.3. The molecule has 21 heavy (non-hydrogen) atoms. The van der Waals surface area contributed by atoms with Gasteiger partial charge in [-0.1, -0.05) is 32.0 Å². The molecule has 1 N–H and O–H groups in total. The zero-order valence-corrected chi connectivity index (χ0v) is 13.8. The molecule has 0 aromatic heterocycles. The monoisotopic (exact) mass is 310 g/mol. The van der Waals surface area contributed by atoms with E-state index in [0.717, 1.165) is 38.2 Å². The van der Waals surface area contributed by atoms with Gasteiger partial charge in [0.15, 0.2) is 9.84 Å². The summed E-state index contributed by atoms with van der Waals surface area (Å²) in [4.78, 5) is 2.36. The van der Waals surface area contributed by atoms with Crippen LogP contribution < -0.4 is 5.32 Å². The van der Waals surface area contributed by atoms with Gasteiger partial charge in [0.05, 0.1) is 11.5 Å². The van der Waals surface area contributed by atoms with Gasteiger partial charge in [-0.2, -0.15) is 0 Å². The Morgan fingerprint density at radius 3 is 2.62 bits per heavy atom. The van der Waals surface area contributed by atoms with Crippen LogP contribution >= 0.6 is 0 Å². The van der Waals surface area contributed by atoms with E-state index in [1.807, 2.05) is 12.1 Å². The zero-order valence-electron chi connectivity index (χ0n) is 13.0. The van der Waals surface area contributed by atoms with Crippen LogP contribution in [0.25, 0.3) is 0 Å². The van der Waals surface area contributed by atoms with Crippen molar-refractivity contribution in [2.24, 2.45) is 0 Å². The lowest BCUT2D eigenvalue weighted by molar-refractivity contribution is 0.296. The van der Waals surface area contributed by atoms with Gasteiger partial charge < -0.3 is 5.32 Å². The third-order valence-corrected chi connectivity index (χ3v) is 5.95. The van der Waals surface area contributed by atoms with Gasteiger partial charge >= 0.3 is 0 Å². The molecule has 118 valence electrons. The summed E-state index contributed by atoms with van der Waals surface area (Å²) in [7, 11) is -2.87. The Bertz CT molecular complexity index is 553. The quantitative estimate of drug-likeness (QED) is 0.877. The van der Waals surface area contributed by atoms with E-state index < -0.39 is 9.84 Å². The number of nitrogens with one attached hydrogen (secondary N) is 1. The van der Waals surface area contributed by atoms with E-state index in [9.17, 15) is 8.42 Å². The van der Waals surface area contributed by atoms with Crippen molar-refractivity contribution < 1.29 is 8.42 Å². The van der Waals surface area contributed by atoms with Gasteiger partial charge in [0, 0.05) is 18.3 Å². The van der Waals surface area contributed by atoms with Crippen molar-refractivity contribution in [1.29, 1.82) is 0 Å². The number of sulfone groups is 1. The maximum atomic E-state index is 11.8. The number of rotatable bonds is 6. The van der Waals surface area contributed by atoms with Crippen LogP contribution in [0, 0.1) is 0 Å². The minimum Gasteiger partial charge on any atom is -0.381 e. The van der Waals surface area contributed by atoms with E-state index in [-0.39, 0.29) is 11.8 Å². The van der Waals surface area contributed by atoms with Gasteiger partial charge in [0.2, 0.25) is 0 Å². The van der Waals surface area contributed by atoms with E-state index in [2.05, 4.69) is 36.2 Å². The summed E-state index contributed by atoms with van der Waals surface area (Å²) >= 11 is 0. The Morgan fingerprint density at radius 2 is 1.95 bits per heavy atom. The molecule has 1 fully saturated rings. The van der Waals surface area contributed by atoms with Crippen molar-refractivity contribution in [2.75, 3.05) is 29.9 Å². The summed E-state index contributed by atoms with van der Waals surface area (Å²) in [5, 5.41) is 3.45. The molecule has 1 atom stereocenters. The second-order valence-electron chi connectivity index (χ2n) is 5.72. The molecule has 1 aromatic carbocycles. The normalized spacial score (nSPS) is 21.4. The lowest BCUT2D eigenvalue weighted by Gasteiger charge is -2.26. The Balaban J connectivity index is 2.09. The smallest absolute Gasteiger partial charge is 0.152 e. The maximum Gasteiger partial charge on any atom is 0.152 e. The van der Waals surface area contributed by atoms with E-state index in [4.69, 9.17) is 0 Å². The van der Waals surface area contributed by atoms with Gasteiger partial charge in [-0.05, 0) is 37.6 Å². The minimum absolute atomic E-state index is 0.0432. The first-order chi connectivity index (χ1) is 10.0. The van der Waals surface area contributed by atoms with Crippen molar-refractivity contribution in [1.82, 2.24) is 4.90 Å². The van der Waals surface area contributed by atoms with Gasteiger partial charge in [-0.25, -0.2) is 8.42 Å². The highest BCUT2D eigenvalue weighted by molar-refractivity contribution is 7.91. The highest BCUT2D eigenvalue weighted by Crippen LogP contribution is 2.22. The molecule has 4 nitrogen and oxygen atoms in total. The van der Waals surface area contributed by atoms with Crippen molar-refractivity contribution in [2.45, 2.75) is 39.3 Å². The molecule has 0 radical (unpaired) electrons. The van der Waals surface area contributed by atoms with Crippen LogP contribution in [0.15, 0.2) is 24.3 Å². The highest BCUT2D eigenvalue weighted by atomic mass is 32.2. The summed E-state index contributed by atoms with van der Waals surface area (Å²) in [6.07, 6.45) is 1.69. The lowest BCUT2D eigenvalue weighted by atomic mass is 10.1. The Morgan fingerprint density at radius 1 is 1.24 bits per heavy atom. The Labute approximate surface area is 128 Å². The number of hydrogen-bond donors (Lipinski definition) is 1. The predicted octanol–water partition coefficient (Wildman–Crippen LogP) is 2.52. The highest BCUT2D eigenvalue weighted by Gasteiger charge is 2.25. The second kappa shape index (κ2) is 7.27. The first-order valence-electron chi connectivity index (χ1n) is 7.81. The SMILES string of the molecule is CCN(CC)Cc1ccccc1NC1CCCS(=O)(=O)C1. The molecule has 0 spiro atoms. The Hall–Kier alpha value is -1.07. The summed E-state index contributed by atoms with van der Waals surface area (Å²) in [6, 6.07) is 8.27. The molecule has 1 unspecified atom stereocenters. The van der Waals surface area contributed by atoms with Crippen LogP contribution in [0.5, 0.6) is 0 Å². The molecule has 0 amide bonds. The number of nitrogens with zero attached hydrogens (tertiary/aromatic N) is 1.